The van der Waals surface area contributed by atoms with E-state index in [1.807, 2.05) is 30.3 Å². The molecule has 3 rings (SSSR count). The molecule has 200 valence electrons. The SMILES string of the molecule is CCCCN(CCCC)CCCOc1ccc(-c2csc(-c3cc(OC)cc(OC)c3)n2)cc1.Cl.O. The molecule has 0 saturated heterocycles. The summed E-state index contributed by atoms with van der Waals surface area (Å²) in [6.07, 6.45) is 6.10. The maximum Gasteiger partial charge on any atom is 0.124 e. The van der Waals surface area contributed by atoms with Gasteiger partial charge in [0.05, 0.1) is 26.5 Å². The predicted octanol–water partition coefficient (Wildman–Crippen LogP) is 6.76. The molecule has 0 fully saturated rings. The van der Waals surface area contributed by atoms with Crippen LogP contribution in [0, 0.1) is 0 Å². The molecule has 1 heterocycles. The first-order chi connectivity index (χ1) is 16.7. The summed E-state index contributed by atoms with van der Waals surface area (Å²) in [5.41, 5.74) is 3.02. The highest BCUT2D eigenvalue weighted by Gasteiger charge is 2.10. The lowest BCUT2D eigenvalue weighted by Gasteiger charge is -2.21. The highest BCUT2D eigenvalue weighted by atomic mass is 35.5. The minimum absolute atomic E-state index is 0. The van der Waals surface area contributed by atoms with Crippen LogP contribution in [-0.4, -0.2) is 55.8 Å². The molecule has 0 aliphatic carbocycles. The van der Waals surface area contributed by atoms with E-state index in [-0.39, 0.29) is 17.9 Å². The summed E-state index contributed by atoms with van der Waals surface area (Å²) in [5.74, 6) is 2.42. The molecule has 6 nitrogen and oxygen atoms in total. The Balaban J connectivity index is 0.00000324. The fourth-order valence-corrected chi connectivity index (χ4v) is 4.59. The lowest BCUT2D eigenvalue weighted by Crippen LogP contribution is -2.28. The summed E-state index contributed by atoms with van der Waals surface area (Å²) in [5, 5.41) is 3.02. The second-order valence-corrected chi connectivity index (χ2v) is 9.27. The molecule has 1 aromatic heterocycles. The van der Waals surface area contributed by atoms with Crippen molar-refractivity contribution >= 4 is 23.7 Å². The average Bonchev–Trinajstić information content (AvgIpc) is 3.38. The monoisotopic (exact) mass is 536 g/mol. The third-order valence-corrected chi connectivity index (χ3v) is 6.69. The van der Waals surface area contributed by atoms with E-state index in [1.165, 1.54) is 38.8 Å². The maximum absolute atomic E-state index is 6.01. The van der Waals surface area contributed by atoms with E-state index in [0.717, 1.165) is 58.6 Å². The van der Waals surface area contributed by atoms with Gasteiger partial charge in [0, 0.05) is 29.1 Å². The standard InChI is InChI=1S/C28H38N2O3S.ClH.H2O/c1-5-7-14-30(15-8-6-2)16-9-17-33-24-12-10-22(11-13-24)27-21-34-28(29-27)23-18-25(31-3)20-26(19-23)32-4;;/h10-13,18-21H,5-9,14-17H2,1-4H3;1H;1H2. The second-order valence-electron chi connectivity index (χ2n) is 8.41. The Labute approximate surface area is 226 Å². The molecule has 0 amide bonds. The Morgan fingerprint density at radius 1 is 0.778 bits per heavy atom. The number of benzene rings is 2. The van der Waals surface area contributed by atoms with Crippen LogP contribution in [0.1, 0.15) is 46.0 Å². The van der Waals surface area contributed by atoms with Gasteiger partial charge in [-0.25, -0.2) is 4.98 Å². The zero-order valence-electron chi connectivity index (χ0n) is 21.9. The lowest BCUT2D eigenvalue weighted by atomic mass is 10.1. The smallest absolute Gasteiger partial charge is 0.124 e. The van der Waals surface area contributed by atoms with Crippen LogP contribution in [0.25, 0.3) is 21.8 Å². The van der Waals surface area contributed by atoms with Crippen LogP contribution in [0.15, 0.2) is 47.8 Å². The Morgan fingerprint density at radius 3 is 1.92 bits per heavy atom. The van der Waals surface area contributed by atoms with Crippen LogP contribution in [0.5, 0.6) is 17.2 Å². The molecule has 8 heteroatoms. The summed E-state index contributed by atoms with van der Waals surface area (Å²) in [6.45, 7) is 8.76. The number of ether oxygens (including phenoxy) is 3. The molecule has 0 aliphatic heterocycles. The van der Waals surface area contributed by atoms with Crippen LogP contribution >= 0.6 is 23.7 Å². The number of thiazole rings is 1. The van der Waals surface area contributed by atoms with Crippen molar-refractivity contribution in [2.45, 2.75) is 46.0 Å². The summed E-state index contributed by atoms with van der Waals surface area (Å²) >= 11 is 1.61. The van der Waals surface area contributed by atoms with Crippen LogP contribution in [0.4, 0.5) is 0 Å². The van der Waals surface area contributed by atoms with Gasteiger partial charge in [-0.1, -0.05) is 26.7 Å². The van der Waals surface area contributed by atoms with Gasteiger partial charge in [0.15, 0.2) is 0 Å². The zero-order chi connectivity index (χ0) is 24.2. The molecule has 0 unspecified atom stereocenters. The van der Waals surface area contributed by atoms with Gasteiger partial charge < -0.3 is 24.6 Å². The number of methoxy groups -OCH3 is 2. The van der Waals surface area contributed by atoms with Gasteiger partial charge in [0.1, 0.15) is 22.3 Å². The van der Waals surface area contributed by atoms with Crippen LogP contribution in [0.3, 0.4) is 0 Å². The van der Waals surface area contributed by atoms with Gasteiger partial charge in [-0.15, -0.1) is 23.7 Å². The number of hydrogen-bond acceptors (Lipinski definition) is 6. The van der Waals surface area contributed by atoms with Crippen molar-refractivity contribution in [1.29, 1.82) is 0 Å². The van der Waals surface area contributed by atoms with E-state index in [9.17, 15) is 0 Å². The molecule has 0 saturated carbocycles. The van der Waals surface area contributed by atoms with Gasteiger partial charge in [-0.3, -0.25) is 0 Å². The predicted molar refractivity (Wildman–Crippen MR) is 153 cm³/mol. The Hall–Kier alpha value is -2.32. The molecule has 0 bridgehead atoms. The van der Waals surface area contributed by atoms with E-state index < -0.39 is 0 Å². The largest absolute Gasteiger partial charge is 0.497 e. The van der Waals surface area contributed by atoms with E-state index in [0.29, 0.717) is 0 Å². The first-order valence-electron chi connectivity index (χ1n) is 12.3. The third kappa shape index (κ3) is 9.62. The summed E-state index contributed by atoms with van der Waals surface area (Å²) in [4.78, 5) is 7.42. The lowest BCUT2D eigenvalue weighted by molar-refractivity contribution is 0.229. The third-order valence-electron chi connectivity index (χ3n) is 5.80. The van der Waals surface area contributed by atoms with Gasteiger partial charge in [0.25, 0.3) is 0 Å². The molecule has 0 atom stereocenters. The van der Waals surface area contributed by atoms with E-state index >= 15 is 0 Å². The molecule has 2 aromatic carbocycles. The molecular weight excluding hydrogens is 496 g/mol. The maximum atomic E-state index is 6.01. The molecule has 2 N–H and O–H groups in total. The Bertz CT molecular complexity index is 967. The molecule has 0 radical (unpaired) electrons. The van der Waals surface area contributed by atoms with Crippen molar-refractivity contribution in [2.75, 3.05) is 40.5 Å². The van der Waals surface area contributed by atoms with Gasteiger partial charge in [-0.05, 0) is 68.8 Å². The number of rotatable bonds is 15. The summed E-state index contributed by atoms with van der Waals surface area (Å²) in [6, 6.07) is 14.1. The van der Waals surface area contributed by atoms with Crippen molar-refractivity contribution in [3.05, 3.63) is 47.8 Å². The van der Waals surface area contributed by atoms with Crippen LogP contribution in [0.2, 0.25) is 0 Å². The number of halogens is 1. The highest BCUT2D eigenvalue weighted by Crippen LogP contribution is 2.34. The Morgan fingerprint density at radius 2 is 1.36 bits per heavy atom. The van der Waals surface area contributed by atoms with E-state index in [4.69, 9.17) is 19.2 Å². The van der Waals surface area contributed by atoms with Crippen molar-refractivity contribution in [3.8, 4) is 39.1 Å². The molecular formula is C28H41ClN2O4S. The van der Waals surface area contributed by atoms with Crippen LogP contribution in [-0.2, 0) is 0 Å². The van der Waals surface area contributed by atoms with E-state index in [1.54, 1.807) is 25.6 Å². The van der Waals surface area contributed by atoms with E-state index in [2.05, 4.69) is 36.3 Å². The average molecular weight is 537 g/mol. The topological polar surface area (TPSA) is 75.3 Å². The zero-order valence-corrected chi connectivity index (χ0v) is 23.6. The highest BCUT2D eigenvalue weighted by molar-refractivity contribution is 7.13. The summed E-state index contributed by atoms with van der Waals surface area (Å²) < 4.78 is 16.8. The second kappa shape index (κ2) is 17.2. The normalized spacial score (nSPS) is 10.5. The number of hydrogen-bond donors (Lipinski definition) is 0. The van der Waals surface area contributed by atoms with Crippen LogP contribution < -0.4 is 14.2 Å². The first kappa shape index (κ1) is 31.7. The van der Waals surface area contributed by atoms with Crippen molar-refractivity contribution in [2.24, 2.45) is 0 Å². The fraction of sp³-hybridized carbons (Fsp3) is 0.464. The van der Waals surface area contributed by atoms with Crippen molar-refractivity contribution in [3.63, 3.8) is 0 Å². The number of aromatic nitrogens is 1. The fourth-order valence-electron chi connectivity index (χ4n) is 3.77. The van der Waals surface area contributed by atoms with Crippen molar-refractivity contribution < 1.29 is 19.7 Å². The Kier molecular flexibility index (Phi) is 15.1. The van der Waals surface area contributed by atoms with Gasteiger partial charge in [0.2, 0.25) is 0 Å². The minimum atomic E-state index is 0. The molecule has 36 heavy (non-hydrogen) atoms. The quantitative estimate of drug-likeness (QED) is 0.200. The molecule has 0 spiro atoms. The van der Waals surface area contributed by atoms with Gasteiger partial charge in [-0.2, -0.15) is 0 Å². The minimum Gasteiger partial charge on any atom is -0.497 e. The van der Waals surface area contributed by atoms with Gasteiger partial charge >= 0.3 is 0 Å². The number of unbranched alkanes of at least 4 members (excludes halogenated alkanes) is 2. The number of nitrogens with zero attached hydrogens (tertiary/aromatic N) is 2. The first-order valence-corrected chi connectivity index (χ1v) is 13.2. The molecule has 0 aliphatic rings. The van der Waals surface area contributed by atoms with Crippen molar-refractivity contribution in [1.82, 2.24) is 9.88 Å². The summed E-state index contributed by atoms with van der Waals surface area (Å²) in [7, 11) is 3.31. The molecule has 3 aromatic rings.